The Morgan fingerprint density at radius 2 is 2.27 bits per heavy atom. The van der Waals surface area contributed by atoms with Crippen molar-refractivity contribution in [2.24, 2.45) is 4.99 Å². The maximum absolute atomic E-state index is 11.3. The first-order valence-electron chi connectivity index (χ1n) is 7.32. The molecule has 1 aromatic heterocycles. The highest BCUT2D eigenvalue weighted by atomic mass is 32.2. The summed E-state index contributed by atoms with van der Waals surface area (Å²) in [5.74, 6) is 2.34. The molecule has 2 N–H and O–H groups in total. The first-order chi connectivity index (χ1) is 10.5. The van der Waals surface area contributed by atoms with Gasteiger partial charge in [-0.2, -0.15) is 11.8 Å². The number of thioether (sulfide) groups is 1. The molecule has 0 bridgehead atoms. The van der Waals surface area contributed by atoms with Crippen LogP contribution in [0.4, 0.5) is 0 Å². The van der Waals surface area contributed by atoms with E-state index in [0.29, 0.717) is 12.5 Å². The molecule has 22 heavy (non-hydrogen) atoms. The minimum absolute atomic E-state index is 0.0201. The summed E-state index contributed by atoms with van der Waals surface area (Å²) in [7, 11) is 4.12. The topological polar surface area (TPSA) is 69.6 Å². The van der Waals surface area contributed by atoms with Gasteiger partial charge in [-0.1, -0.05) is 0 Å². The van der Waals surface area contributed by atoms with E-state index in [-0.39, 0.29) is 11.9 Å². The Morgan fingerprint density at radius 1 is 1.45 bits per heavy atom. The Bertz CT molecular complexity index is 546. The second-order valence-corrected chi connectivity index (χ2v) is 6.64. The lowest BCUT2D eigenvalue weighted by Crippen LogP contribution is -2.26. The predicted molar refractivity (Wildman–Crippen MR) is 90.8 cm³/mol. The number of nitrogens with one attached hydrogen (secondary N) is 2. The molecule has 7 heteroatoms. The van der Waals surface area contributed by atoms with Crippen molar-refractivity contribution in [1.82, 2.24) is 20.5 Å². The summed E-state index contributed by atoms with van der Waals surface area (Å²) in [6, 6.07) is 4.02. The SMILES string of the molecule is CC1NC(=NCCSCc2cc(CN(C)C)ccn2)NC1=O. The van der Waals surface area contributed by atoms with E-state index in [0.717, 1.165) is 23.7 Å². The van der Waals surface area contributed by atoms with Gasteiger partial charge in [-0.05, 0) is 38.7 Å². The predicted octanol–water partition coefficient (Wildman–Crippen LogP) is 0.840. The van der Waals surface area contributed by atoms with Gasteiger partial charge in [-0.25, -0.2) is 0 Å². The number of rotatable bonds is 7. The molecule has 1 saturated heterocycles. The molecule has 0 spiro atoms. The zero-order valence-electron chi connectivity index (χ0n) is 13.3. The second-order valence-electron chi connectivity index (χ2n) is 5.53. The number of aliphatic imine (C=N–C) groups is 1. The minimum atomic E-state index is -0.185. The van der Waals surface area contributed by atoms with Crippen LogP contribution in [0.15, 0.2) is 23.3 Å². The van der Waals surface area contributed by atoms with Crippen LogP contribution in [0.2, 0.25) is 0 Å². The standard InChI is InChI=1S/C15H23N5OS/c1-11-14(21)19-15(18-11)17-6-7-22-10-13-8-12(4-5-16-13)9-20(2)3/h4-5,8,11H,6-7,9-10H2,1-3H3,(H2,17,18,19,21). The van der Waals surface area contributed by atoms with Gasteiger partial charge < -0.3 is 10.2 Å². The number of guanidine groups is 1. The smallest absolute Gasteiger partial charge is 0.248 e. The fourth-order valence-corrected chi connectivity index (χ4v) is 2.82. The van der Waals surface area contributed by atoms with Crippen LogP contribution in [0.1, 0.15) is 18.2 Å². The van der Waals surface area contributed by atoms with Gasteiger partial charge in [-0.3, -0.25) is 20.1 Å². The molecule has 6 nitrogen and oxygen atoms in total. The number of hydrogen-bond donors (Lipinski definition) is 2. The summed E-state index contributed by atoms with van der Waals surface area (Å²) in [5.41, 5.74) is 2.38. The van der Waals surface area contributed by atoms with E-state index in [9.17, 15) is 4.79 Å². The number of nitrogens with zero attached hydrogens (tertiary/aromatic N) is 3. The van der Waals surface area contributed by atoms with E-state index in [1.165, 1.54) is 5.56 Å². The Hall–Kier alpha value is -1.60. The quantitative estimate of drug-likeness (QED) is 0.728. The molecule has 0 aliphatic carbocycles. The van der Waals surface area contributed by atoms with Crippen molar-refractivity contribution >= 4 is 23.6 Å². The van der Waals surface area contributed by atoms with Crippen LogP contribution in [-0.4, -0.2) is 54.2 Å². The monoisotopic (exact) mass is 321 g/mol. The first kappa shape index (κ1) is 16.8. The van der Waals surface area contributed by atoms with Gasteiger partial charge in [0.25, 0.3) is 0 Å². The Labute approximate surface area is 135 Å². The fraction of sp³-hybridized carbons (Fsp3) is 0.533. The lowest BCUT2D eigenvalue weighted by molar-refractivity contribution is -0.119. The van der Waals surface area contributed by atoms with E-state index < -0.39 is 0 Å². The van der Waals surface area contributed by atoms with E-state index in [1.54, 1.807) is 11.8 Å². The molecule has 1 unspecified atom stereocenters. The van der Waals surface area contributed by atoms with Gasteiger partial charge in [-0.15, -0.1) is 0 Å². The fourth-order valence-electron chi connectivity index (χ4n) is 2.09. The Kier molecular flexibility index (Phi) is 6.21. The number of carbonyl (C=O) groups is 1. The molecule has 2 rings (SSSR count). The zero-order valence-corrected chi connectivity index (χ0v) is 14.1. The Morgan fingerprint density at radius 3 is 2.95 bits per heavy atom. The van der Waals surface area contributed by atoms with Crippen LogP contribution in [0.25, 0.3) is 0 Å². The van der Waals surface area contributed by atoms with Crippen molar-refractivity contribution in [3.8, 4) is 0 Å². The lowest BCUT2D eigenvalue weighted by atomic mass is 10.2. The number of carbonyl (C=O) groups excluding carboxylic acids is 1. The number of amides is 1. The maximum atomic E-state index is 11.3. The molecule has 0 aromatic carbocycles. The molecular formula is C15H23N5OS. The summed E-state index contributed by atoms with van der Waals surface area (Å²) in [6.07, 6.45) is 1.87. The van der Waals surface area contributed by atoms with Crippen LogP contribution < -0.4 is 10.6 Å². The zero-order chi connectivity index (χ0) is 15.9. The van der Waals surface area contributed by atoms with Gasteiger partial charge in [0.15, 0.2) is 5.96 Å². The lowest BCUT2D eigenvalue weighted by Gasteiger charge is -2.10. The summed E-state index contributed by atoms with van der Waals surface area (Å²) in [5, 5.41) is 5.71. The van der Waals surface area contributed by atoms with Gasteiger partial charge in [0.05, 0.1) is 12.2 Å². The third-order valence-electron chi connectivity index (χ3n) is 3.12. The van der Waals surface area contributed by atoms with Crippen LogP contribution >= 0.6 is 11.8 Å². The normalized spacial score (nSPS) is 19.5. The molecule has 1 fully saturated rings. The number of hydrogen-bond acceptors (Lipinski definition) is 5. The molecule has 120 valence electrons. The highest BCUT2D eigenvalue weighted by Crippen LogP contribution is 2.12. The van der Waals surface area contributed by atoms with E-state index >= 15 is 0 Å². The minimum Gasteiger partial charge on any atom is -0.345 e. The Balaban J connectivity index is 1.71. The van der Waals surface area contributed by atoms with Crippen molar-refractivity contribution in [2.75, 3.05) is 26.4 Å². The highest BCUT2D eigenvalue weighted by molar-refractivity contribution is 7.98. The summed E-state index contributed by atoms with van der Waals surface area (Å²) in [4.78, 5) is 22.2. The van der Waals surface area contributed by atoms with Gasteiger partial charge in [0.2, 0.25) is 5.91 Å². The van der Waals surface area contributed by atoms with Gasteiger partial charge in [0, 0.05) is 24.2 Å². The van der Waals surface area contributed by atoms with E-state index in [4.69, 9.17) is 0 Å². The molecule has 0 radical (unpaired) electrons. The number of aromatic nitrogens is 1. The average molecular weight is 321 g/mol. The first-order valence-corrected chi connectivity index (χ1v) is 8.48. The second kappa shape index (κ2) is 8.14. The number of pyridine rings is 1. The summed E-state index contributed by atoms with van der Waals surface area (Å²) in [6.45, 7) is 3.42. The molecule has 0 saturated carbocycles. The van der Waals surface area contributed by atoms with Crippen molar-refractivity contribution in [1.29, 1.82) is 0 Å². The third kappa shape index (κ3) is 5.31. The van der Waals surface area contributed by atoms with Gasteiger partial charge >= 0.3 is 0 Å². The van der Waals surface area contributed by atoms with Crippen LogP contribution in [0.3, 0.4) is 0 Å². The van der Waals surface area contributed by atoms with Crippen molar-refractivity contribution in [2.45, 2.75) is 25.3 Å². The van der Waals surface area contributed by atoms with Crippen LogP contribution in [-0.2, 0) is 17.1 Å². The summed E-state index contributed by atoms with van der Waals surface area (Å²) < 4.78 is 0. The molecule has 1 atom stereocenters. The van der Waals surface area contributed by atoms with Gasteiger partial charge in [0.1, 0.15) is 6.04 Å². The highest BCUT2D eigenvalue weighted by Gasteiger charge is 2.22. The van der Waals surface area contributed by atoms with Crippen molar-refractivity contribution < 1.29 is 4.79 Å². The molecule has 1 aliphatic rings. The van der Waals surface area contributed by atoms with Crippen molar-refractivity contribution in [3.05, 3.63) is 29.6 Å². The third-order valence-corrected chi connectivity index (χ3v) is 4.09. The molecule has 2 heterocycles. The largest absolute Gasteiger partial charge is 0.345 e. The van der Waals surface area contributed by atoms with E-state index in [2.05, 4.69) is 51.7 Å². The maximum Gasteiger partial charge on any atom is 0.248 e. The molecule has 1 amide bonds. The van der Waals surface area contributed by atoms with Crippen LogP contribution in [0.5, 0.6) is 0 Å². The van der Waals surface area contributed by atoms with Crippen molar-refractivity contribution in [3.63, 3.8) is 0 Å². The average Bonchev–Trinajstić information content (AvgIpc) is 2.77. The summed E-state index contributed by atoms with van der Waals surface area (Å²) >= 11 is 1.80. The van der Waals surface area contributed by atoms with Crippen LogP contribution in [0, 0.1) is 0 Å². The molecule has 1 aromatic rings. The molecular weight excluding hydrogens is 298 g/mol. The molecule has 1 aliphatic heterocycles. The van der Waals surface area contributed by atoms with E-state index in [1.807, 2.05) is 13.1 Å².